The van der Waals surface area contributed by atoms with Gasteiger partial charge in [-0.3, -0.25) is 4.40 Å². The van der Waals surface area contributed by atoms with Crippen LogP contribution >= 0.6 is 0 Å². The maximum atomic E-state index is 6.25. The van der Waals surface area contributed by atoms with Gasteiger partial charge in [-0.2, -0.15) is 0 Å². The second kappa shape index (κ2) is 5.01. The van der Waals surface area contributed by atoms with Gasteiger partial charge in [0.2, 0.25) is 0 Å². The molecule has 2 aromatic heterocycles. The lowest BCUT2D eigenvalue weighted by Crippen LogP contribution is -1.96. The quantitative estimate of drug-likeness (QED) is 0.803. The number of rotatable bonds is 3. The maximum absolute atomic E-state index is 6.25. The second-order valence-electron chi connectivity index (χ2n) is 4.85. The van der Waals surface area contributed by atoms with E-state index in [-0.39, 0.29) is 0 Å². The molecule has 0 fully saturated rings. The molecule has 2 N–H and O–H groups in total. The van der Waals surface area contributed by atoms with Gasteiger partial charge in [0.05, 0.1) is 14.2 Å². The highest BCUT2D eigenvalue weighted by atomic mass is 16.5. The number of hydrogen-bond donors (Lipinski definition) is 1. The third-order valence-electron chi connectivity index (χ3n) is 3.47. The first-order valence-electron chi connectivity index (χ1n) is 6.60. The summed E-state index contributed by atoms with van der Waals surface area (Å²) in [4.78, 5) is 4.60. The van der Waals surface area contributed by atoms with Crippen molar-refractivity contribution >= 4 is 11.5 Å². The van der Waals surface area contributed by atoms with E-state index >= 15 is 0 Å². The lowest BCUT2D eigenvalue weighted by Gasteiger charge is -2.09. The number of nitrogen functional groups attached to an aromatic ring is 1. The standard InChI is InChI=1S/C16H17N3O2/c1-10-4-7-14-18-15(16(17)19(14)9-10)12-6-5-11(20-2)8-13(12)21-3/h4-9H,17H2,1-3H3. The summed E-state index contributed by atoms with van der Waals surface area (Å²) < 4.78 is 12.5. The Morgan fingerprint density at radius 1 is 1.10 bits per heavy atom. The van der Waals surface area contributed by atoms with Crippen molar-refractivity contribution in [1.82, 2.24) is 9.38 Å². The highest BCUT2D eigenvalue weighted by Crippen LogP contribution is 2.36. The van der Waals surface area contributed by atoms with Crippen molar-refractivity contribution in [3.05, 3.63) is 42.1 Å². The van der Waals surface area contributed by atoms with Crippen molar-refractivity contribution in [2.24, 2.45) is 0 Å². The van der Waals surface area contributed by atoms with Crippen molar-refractivity contribution in [2.75, 3.05) is 20.0 Å². The molecule has 0 radical (unpaired) electrons. The van der Waals surface area contributed by atoms with Gasteiger partial charge < -0.3 is 15.2 Å². The Hall–Kier alpha value is -2.69. The molecule has 2 heterocycles. The molecule has 0 unspecified atom stereocenters. The number of benzene rings is 1. The zero-order valence-electron chi connectivity index (χ0n) is 12.3. The zero-order chi connectivity index (χ0) is 15.0. The van der Waals surface area contributed by atoms with Crippen LogP contribution in [-0.4, -0.2) is 23.6 Å². The van der Waals surface area contributed by atoms with Crippen LogP contribution in [0, 0.1) is 6.92 Å². The summed E-state index contributed by atoms with van der Waals surface area (Å²) >= 11 is 0. The minimum Gasteiger partial charge on any atom is -0.497 e. The van der Waals surface area contributed by atoms with E-state index in [1.165, 1.54) is 0 Å². The van der Waals surface area contributed by atoms with E-state index in [9.17, 15) is 0 Å². The number of imidazole rings is 1. The van der Waals surface area contributed by atoms with Crippen LogP contribution in [0.3, 0.4) is 0 Å². The maximum Gasteiger partial charge on any atom is 0.139 e. The van der Waals surface area contributed by atoms with E-state index < -0.39 is 0 Å². The number of anilines is 1. The molecule has 1 aromatic carbocycles. The molecule has 5 heteroatoms. The molecule has 0 aliphatic rings. The lowest BCUT2D eigenvalue weighted by molar-refractivity contribution is 0.395. The molecule has 0 bridgehead atoms. The molecule has 0 aliphatic carbocycles. The molecule has 108 valence electrons. The smallest absolute Gasteiger partial charge is 0.139 e. The SMILES string of the molecule is COc1ccc(-c2nc3ccc(C)cn3c2N)c(OC)c1. The fourth-order valence-corrected chi connectivity index (χ4v) is 2.36. The summed E-state index contributed by atoms with van der Waals surface area (Å²) in [6.45, 7) is 2.02. The van der Waals surface area contributed by atoms with Crippen molar-refractivity contribution in [2.45, 2.75) is 6.92 Å². The summed E-state index contributed by atoms with van der Waals surface area (Å²) in [6, 6.07) is 9.56. The van der Waals surface area contributed by atoms with E-state index in [2.05, 4.69) is 4.98 Å². The monoisotopic (exact) mass is 283 g/mol. The molecule has 5 nitrogen and oxygen atoms in total. The van der Waals surface area contributed by atoms with E-state index in [4.69, 9.17) is 15.2 Å². The van der Waals surface area contributed by atoms with Gasteiger partial charge in [0, 0.05) is 17.8 Å². The topological polar surface area (TPSA) is 61.8 Å². The van der Waals surface area contributed by atoms with Crippen LogP contribution in [-0.2, 0) is 0 Å². The molecule has 0 saturated heterocycles. The lowest BCUT2D eigenvalue weighted by atomic mass is 10.1. The molecule has 0 aliphatic heterocycles. The normalized spacial score (nSPS) is 10.8. The van der Waals surface area contributed by atoms with Crippen LogP contribution in [0.1, 0.15) is 5.56 Å². The Balaban J connectivity index is 2.23. The van der Waals surface area contributed by atoms with Crippen LogP contribution in [0.25, 0.3) is 16.9 Å². The fourth-order valence-electron chi connectivity index (χ4n) is 2.36. The molecule has 21 heavy (non-hydrogen) atoms. The number of nitrogens with zero attached hydrogens (tertiary/aromatic N) is 2. The number of nitrogens with two attached hydrogens (primary N) is 1. The minimum atomic E-state index is 0.595. The largest absolute Gasteiger partial charge is 0.497 e. The number of pyridine rings is 1. The Kier molecular flexibility index (Phi) is 3.17. The molecule has 0 atom stereocenters. The molecule has 0 amide bonds. The highest BCUT2D eigenvalue weighted by Gasteiger charge is 2.16. The van der Waals surface area contributed by atoms with E-state index in [0.29, 0.717) is 17.3 Å². The summed E-state index contributed by atoms with van der Waals surface area (Å²) in [5.74, 6) is 2.01. The number of aryl methyl sites for hydroxylation is 1. The van der Waals surface area contributed by atoms with Crippen molar-refractivity contribution < 1.29 is 9.47 Å². The van der Waals surface area contributed by atoms with Gasteiger partial charge in [0.15, 0.2) is 0 Å². The van der Waals surface area contributed by atoms with Crippen molar-refractivity contribution in [3.8, 4) is 22.8 Å². The highest BCUT2D eigenvalue weighted by molar-refractivity contribution is 5.79. The number of fused-ring (bicyclic) bond motifs is 1. The predicted molar refractivity (Wildman–Crippen MR) is 82.9 cm³/mol. The molecule has 3 aromatic rings. The minimum absolute atomic E-state index is 0.595. The molecule has 0 saturated carbocycles. The van der Waals surface area contributed by atoms with Gasteiger partial charge in [-0.15, -0.1) is 0 Å². The number of hydrogen-bond acceptors (Lipinski definition) is 4. The van der Waals surface area contributed by atoms with Crippen LogP contribution < -0.4 is 15.2 Å². The Morgan fingerprint density at radius 3 is 2.62 bits per heavy atom. The van der Waals surface area contributed by atoms with Crippen molar-refractivity contribution in [1.29, 1.82) is 0 Å². The van der Waals surface area contributed by atoms with Crippen molar-refractivity contribution in [3.63, 3.8) is 0 Å². The fraction of sp³-hybridized carbons (Fsp3) is 0.188. The first-order chi connectivity index (χ1) is 10.1. The molecule has 0 spiro atoms. The van der Waals surface area contributed by atoms with Gasteiger partial charge in [-0.05, 0) is 30.7 Å². The predicted octanol–water partition coefficient (Wildman–Crippen LogP) is 2.91. The van der Waals surface area contributed by atoms with E-state index in [0.717, 1.165) is 22.5 Å². The van der Waals surface area contributed by atoms with Gasteiger partial charge in [-0.1, -0.05) is 6.07 Å². The third kappa shape index (κ3) is 2.16. The summed E-state index contributed by atoms with van der Waals surface area (Å²) in [7, 11) is 3.24. The Bertz CT molecular complexity index is 809. The zero-order valence-corrected chi connectivity index (χ0v) is 12.3. The Labute approximate surface area is 122 Å². The van der Waals surface area contributed by atoms with Crippen LogP contribution in [0.15, 0.2) is 36.5 Å². The van der Waals surface area contributed by atoms with Crippen LogP contribution in [0.2, 0.25) is 0 Å². The second-order valence-corrected chi connectivity index (χ2v) is 4.85. The average molecular weight is 283 g/mol. The first kappa shape index (κ1) is 13.3. The number of methoxy groups -OCH3 is 2. The summed E-state index contributed by atoms with van der Waals surface area (Å²) in [6.07, 6.45) is 1.97. The van der Waals surface area contributed by atoms with Gasteiger partial charge in [-0.25, -0.2) is 4.98 Å². The third-order valence-corrected chi connectivity index (χ3v) is 3.47. The average Bonchev–Trinajstić information content (AvgIpc) is 2.83. The van der Waals surface area contributed by atoms with Gasteiger partial charge >= 0.3 is 0 Å². The van der Waals surface area contributed by atoms with E-state index in [1.807, 2.05) is 47.9 Å². The van der Waals surface area contributed by atoms with Gasteiger partial charge in [0.1, 0.15) is 28.7 Å². The Morgan fingerprint density at radius 2 is 1.90 bits per heavy atom. The summed E-state index contributed by atoms with van der Waals surface area (Å²) in [5.41, 5.74) is 9.74. The molecular weight excluding hydrogens is 266 g/mol. The molecule has 3 rings (SSSR count). The van der Waals surface area contributed by atoms with Gasteiger partial charge in [0.25, 0.3) is 0 Å². The van der Waals surface area contributed by atoms with Crippen LogP contribution in [0.4, 0.5) is 5.82 Å². The first-order valence-corrected chi connectivity index (χ1v) is 6.60. The number of aromatic nitrogens is 2. The van der Waals surface area contributed by atoms with Crippen LogP contribution in [0.5, 0.6) is 11.5 Å². The van der Waals surface area contributed by atoms with E-state index in [1.54, 1.807) is 14.2 Å². The number of ether oxygens (including phenoxy) is 2. The molecular formula is C16H17N3O2. The summed E-state index contributed by atoms with van der Waals surface area (Å²) in [5, 5.41) is 0.